The molecule has 0 spiro atoms. The van der Waals surface area contributed by atoms with E-state index in [1.54, 1.807) is 18.5 Å². The minimum absolute atomic E-state index is 0. The van der Waals surface area contributed by atoms with Gasteiger partial charge in [-0.3, -0.25) is 9.69 Å². The van der Waals surface area contributed by atoms with E-state index in [9.17, 15) is 9.59 Å². The number of fused-ring (bicyclic) bond motifs is 1. The van der Waals surface area contributed by atoms with Gasteiger partial charge in [0.1, 0.15) is 12.2 Å². The molecular formula is C15H15BrN3O3+. The Balaban J connectivity index is 0.00000176. The summed E-state index contributed by atoms with van der Waals surface area (Å²) in [5, 5.41) is 11.9. The monoisotopic (exact) mass is 364 g/mol. The number of pyridine rings is 1. The molecule has 0 bridgehead atoms. The maximum Gasteiger partial charge on any atom is 0.412 e. The number of carbonyl (C=O) groups is 2. The predicted molar refractivity (Wildman–Crippen MR) is 86.5 cm³/mol. The third-order valence-electron chi connectivity index (χ3n) is 3.30. The number of anilines is 2. The van der Waals surface area contributed by atoms with Crippen LogP contribution in [0.5, 0.6) is 0 Å². The summed E-state index contributed by atoms with van der Waals surface area (Å²) in [7, 11) is 0. The molecule has 114 valence electrons. The first-order valence-corrected chi connectivity index (χ1v) is 6.51. The molecule has 2 aromatic rings. The number of carboxylic acid groups (broad SMARTS) is 1. The van der Waals surface area contributed by atoms with E-state index in [0.29, 0.717) is 17.9 Å². The first kappa shape index (κ1) is 16.0. The van der Waals surface area contributed by atoms with Gasteiger partial charge in [0.05, 0.1) is 5.69 Å². The van der Waals surface area contributed by atoms with Crippen LogP contribution in [0.4, 0.5) is 16.2 Å². The molecule has 2 amide bonds. The molecular weight excluding hydrogens is 350 g/mol. The molecule has 7 heteroatoms. The van der Waals surface area contributed by atoms with E-state index >= 15 is 0 Å². The Labute approximate surface area is 137 Å². The molecule has 1 aliphatic heterocycles. The van der Waals surface area contributed by atoms with Crippen LogP contribution in [0.1, 0.15) is 5.56 Å². The molecule has 22 heavy (non-hydrogen) atoms. The van der Waals surface area contributed by atoms with E-state index in [-0.39, 0.29) is 29.4 Å². The van der Waals surface area contributed by atoms with Crippen LogP contribution in [-0.4, -0.2) is 23.7 Å². The van der Waals surface area contributed by atoms with Gasteiger partial charge >= 0.3 is 6.09 Å². The van der Waals surface area contributed by atoms with Crippen molar-refractivity contribution in [1.29, 1.82) is 0 Å². The summed E-state index contributed by atoms with van der Waals surface area (Å²) < 4.78 is 1.90. The molecule has 0 aliphatic carbocycles. The van der Waals surface area contributed by atoms with E-state index < -0.39 is 6.09 Å². The number of hydrogen-bond donors (Lipinski definition) is 2. The second kappa shape index (κ2) is 6.57. The Morgan fingerprint density at radius 3 is 2.68 bits per heavy atom. The van der Waals surface area contributed by atoms with Crippen molar-refractivity contribution in [3.63, 3.8) is 0 Å². The number of nitrogens with zero attached hydrogens (tertiary/aromatic N) is 2. The quantitative estimate of drug-likeness (QED) is 0.800. The lowest BCUT2D eigenvalue weighted by molar-refractivity contribution is -0.687. The van der Waals surface area contributed by atoms with Gasteiger partial charge in [-0.05, 0) is 0 Å². The number of rotatable bonds is 2. The van der Waals surface area contributed by atoms with Gasteiger partial charge in [0.15, 0.2) is 18.9 Å². The summed E-state index contributed by atoms with van der Waals surface area (Å²) in [4.78, 5) is 23.8. The maximum absolute atomic E-state index is 11.6. The highest BCUT2D eigenvalue weighted by Gasteiger charge is 2.28. The lowest BCUT2D eigenvalue weighted by Gasteiger charge is -2.25. The highest BCUT2D eigenvalue weighted by atomic mass is 79.9. The van der Waals surface area contributed by atoms with Crippen molar-refractivity contribution in [3.05, 3.63) is 54.4 Å². The average molecular weight is 365 g/mol. The van der Waals surface area contributed by atoms with Gasteiger partial charge in [-0.1, -0.05) is 30.3 Å². The molecule has 0 radical (unpaired) electrons. The lowest BCUT2D eigenvalue weighted by Crippen LogP contribution is -2.43. The summed E-state index contributed by atoms with van der Waals surface area (Å²) in [5.41, 5.74) is 2.12. The Morgan fingerprint density at radius 2 is 2.00 bits per heavy atom. The van der Waals surface area contributed by atoms with Crippen molar-refractivity contribution in [2.75, 3.05) is 16.8 Å². The van der Waals surface area contributed by atoms with Crippen molar-refractivity contribution >= 4 is 40.4 Å². The standard InChI is InChI=1S/C15H13N3O3.BrH/c19-14-10-18(15(20)21)13-6-7-17(9-12(13)16-14)8-11-4-2-1-3-5-11;/h1-7,9H,8,10H2,(H-,16,19,20,21);1H/p+1. The molecule has 6 nitrogen and oxygen atoms in total. The molecule has 1 aromatic carbocycles. The fourth-order valence-corrected chi connectivity index (χ4v) is 2.34. The van der Waals surface area contributed by atoms with E-state index in [2.05, 4.69) is 5.32 Å². The van der Waals surface area contributed by atoms with Gasteiger partial charge in [0.2, 0.25) is 5.91 Å². The number of hydrogen-bond acceptors (Lipinski definition) is 2. The van der Waals surface area contributed by atoms with Crippen LogP contribution in [0.2, 0.25) is 0 Å². The van der Waals surface area contributed by atoms with Crippen LogP contribution in [-0.2, 0) is 11.3 Å². The topological polar surface area (TPSA) is 73.5 Å². The first-order chi connectivity index (χ1) is 10.1. The first-order valence-electron chi connectivity index (χ1n) is 6.51. The van der Waals surface area contributed by atoms with Crippen LogP contribution in [0, 0.1) is 0 Å². The molecule has 1 aliphatic rings. The fraction of sp³-hybridized carbons (Fsp3) is 0.133. The zero-order valence-corrected chi connectivity index (χ0v) is 13.3. The number of aromatic nitrogens is 1. The van der Waals surface area contributed by atoms with Gasteiger partial charge in [0.25, 0.3) is 0 Å². The number of amides is 2. The van der Waals surface area contributed by atoms with Gasteiger partial charge in [-0.15, -0.1) is 17.0 Å². The zero-order chi connectivity index (χ0) is 14.8. The molecule has 0 saturated heterocycles. The van der Waals surface area contributed by atoms with Crippen LogP contribution < -0.4 is 14.8 Å². The van der Waals surface area contributed by atoms with E-state index in [0.717, 1.165) is 10.5 Å². The number of benzene rings is 1. The van der Waals surface area contributed by atoms with Crippen molar-refractivity contribution in [3.8, 4) is 0 Å². The van der Waals surface area contributed by atoms with Crippen molar-refractivity contribution in [2.24, 2.45) is 0 Å². The van der Waals surface area contributed by atoms with Gasteiger partial charge in [-0.25, -0.2) is 4.79 Å². The second-order valence-corrected chi connectivity index (χ2v) is 4.82. The Kier molecular flexibility index (Phi) is 4.77. The van der Waals surface area contributed by atoms with E-state index in [1.165, 1.54) is 0 Å². The molecule has 0 saturated carbocycles. The summed E-state index contributed by atoms with van der Waals surface area (Å²) in [6.45, 7) is 0.474. The molecule has 2 heterocycles. The smallest absolute Gasteiger partial charge is 0.412 e. The number of nitrogens with one attached hydrogen (secondary N) is 1. The predicted octanol–water partition coefficient (Wildman–Crippen LogP) is 2.04. The summed E-state index contributed by atoms with van der Waals surface area (Å²) in [5.74, 6) is -0.331. The summed E-state index contributed by atoms with van der Waals surface area (Å²) >= 11 is 0. The SMILES string of the molecule is Br.O=C1CN(C(=O)O)c2cc[n+](Cc3ccccc3)cc2N1. The second-order valence-electron chi connectivity index (χ2n) is 4.82. The van der Waals surface area contributed by atoms with Crippen molar-refractivity contribution in [1.82, 2.24) is 0 Å². The van der Waals surface area contributed by atoms with Crippen molar-refractivity contribution in [2.45, 2.75) is 6.54 Å². The van der Waals surface area contributed by atoms with Gasteiger partial charge in [-0.2, -0.15) is 4.57 Å². The fourth-order valence-electron chi connectivity index (χ4n) is 2.34. The van der Waals surface area contributed by atoms with E-state index in [1.807, 2.05) is 34.9 Å². The average Bonchev–Trinajstić information content (AvgIpc) is 2.47. The van der Waals surface area contributed by atoms with Crippen LogP contribution in [0.3, 0.4) is 0 Å². The Bertz CT molecular complexity index is 706. The molecule has 0 fully saturated rings. The van der Waals surface area contributed by atoms with Crippen LogP contribution >= 0.6 is 17.0 Å². The third-order valence-corrected chi connectivity index (χ3v) is 3.30. The van der Waals surface area contributed by atoms with Gasteiger partial charge < -0.3 is 10.4 Å². The highest BCUT2D eigenvalue weighted by molar-refractivity contribution is 8.93. The largest absolute Gasteiger partial charge is 0.465 e. The summed E-state index contributed by atoms with van der Waals surface area (Å²) in [6, 6.07) is 11.6. The highest BCUT2D eigenvalue weighted by Crippen LogP contribution is 2.27. The lowest BCUT2D eigenvalue weighted by atomic mass is 10.2. The van der Waals surface area contributed by atoms with E-state index in [4.69, 9.17) is 5.11 Å². The summed E-state index contributed by atoms with van der Waals surface area (Å²) in [6.07, 6.45) is 2.42. The molecule has 1 aromatic heterocycles. The Morgan fingerprint density at radius 1 is 1.27 bits per heavy atom. The zero-order valence-electron chi connectivity index (χ0n) is 11.6. The number of carbonyl (C=O) groups excluding carboxylic acids is 1. The molecule has 2 N–H and O–H groups in total. The molecule has 0 unspecified atom stereocenters. The minimum atomic E-state index is -1.13. The third kappa shape index (κ3) is 3.25. The van der Waals surface area contributed by atoms with Crippen molar-refractivity contribution < 1.29 is 19.3 Å². The van der Waals surface area contributed by atoms with Crippen LogP contribution in [0.25, 0.3) is 0 Å². The van der Waals surface area contributed by atoms with Crippen LogP contribution in [0.15, 0.2) is 48.8 Å². The number of halogens is 1. The Hall–Kier alpha value is -2.41. The molecule has 3 rings (SSSR count). The maximum atomic E-state index is 11.6. The normalized spacial score (nSPS) is 12.9. The molecule has 0 atom stereocenters. The minimum Gasteiger partial charge on any atom is -0.465 e. The van der Waals surface area contributed by atoms with Gasteiger partial charge in [0, 0.05) is 11.6 Å².